The van der Waals surface area contributed by atoms with E-state index < -0.39 is 0 Å². The topological polar surface area (TPSA) is 76.1 Å². The van der Waals surface area contributed by atoms with Crippen LogP contribution in [-0.4, -0.2) is 29.7 Å². The van der Waals surface area contributed by atoms with E-state index in [1.165, 1.54) is 12.4 Å². The third-order valence-corrected chi connectivity index (χ3v) is 2.68. The van der Waals surface area contributed by atoms with Crippen molar-refractivity contribution in [3.05, 3.63) is 48.4 Å². The van der Waals surface area contributed by atoms with Crippen LogP contribution < -0.4 is 15.4 Å². The first kappa shape index (κ1) is 13.8. The number of para-hydroxylation sites is 1. The fourth-order valence-electron chi connectivity index (χ4n) is 1.74. The first-order valence-electron chi connectivity index (χ1n) is 6.22. The van der Waals surface area contributed by atoms with Gasteiger partial charge in [0.05, 0.1) is 13.3 Å². The van der Waals surface area contributed by atoms with Crippen LogP contribution in [-0.2, 0) is 6.42 Å². The number of aromatic nitrogens is 2. The van der Waals surface area contributed by atoms with Gasteiger partial charge in [-0.15, -0.1) is 0 Å². The number of hydrogen-bond acceptors (Lipinski definition) is 4. The Labute approximate surface area is 117 Å². The van der Waals surface area contributed by atoms with Crippen LogP contribution in [0.3, 0.4) is 0 Å². The highest BCUT2D eigenvalue weighted by molar-refractivity contribution is 5.87. The fraction of sp³-hybridized carbons (Fsp3) is 0.214. The van der Waals surface area contributed by atoms with Gasteiger partial charge in [0.2, 0.25) is 0 Å². The lowest BCUT2D eigenvalue weighted by molar-refractivity contribution is 0.252. The van der Waals surface area contributed by atoms with Crippen molar-refractivity contribution in [1.29, 1.82) is 0 Å². The summed E-state index contributed by atoms with van der Waals surface area (Å²) in [5.74, 6) is 1.24. The van der Waals surface area contributed by atoms with Gasteiger partial charge >= 0.3 is 6.03 Å². The molecule has 6 heteroatoms. The summed E-state index contributed by atoms with van der Waals surface area (Å²) in [5.41, 5.74) is 1.05. The number of hydrogen-bond donors (Lipinski definition) is 2. The second kappa shape index (κ2) is 7.08. The first-order chi connectivity index (χ1) is 9.79. The van der Waals surface area contributed by atoms with Crippen LogP contribution in [0, 0.1) is 0 Å². The van der Waals surface area contributed by atoms with Crippen molar-refractivity contribution in [2.75, 3.05) is 19.0 Å². The van der Waals surface area contributed by atoms with Crippen LogP contribution >= 0.6 is 0 Å². The zero-order chi connectivity index (χ0) is 14.2. The van der Waals surface area contributed by atoms with Gasteiger partial charge in [-0.1, -0.05) is 18.2 Å². The molecular weight excluding hydrogens is 256 g/mol. The largest absolute Gasteiger partial charge is 0.496 e. The van der Waals surface area contributed by atoms with Gasteiger partial charge < -0.3 is 10.1 Å². The van der Waals surface area contributed by atoms with E-state index in [1.54, 1.807) is 13.3 Å². The molecule has 0 atom stereocenters. The van der Waals surface area contributed by atoms with Crippen molar-refractivity contribution < 1.29 is 9.53 Å². The molecule has 2 rings (SSSR count). The molecule has 0 bridgehead atoms. The zero-order valence-corrected chi connectivity index (χ0v) is 11.2. The monoisotopic (exact) mass is 272 g/mol. The number of nitrogens with zero attached hydrogens (tertiary/aromatic N) is 2. The van der Waals surface area contributed by atoms with Crippen LogP contribution in [0.5, 0.6) is 5.75 Å². The van der Waals surface area contributed by atoms with E-state index in [9.17, 15) is 4.79 Å². The standard InChI is InChI=1S/C14H16N4O2/c1-20-12-5-3-2-4-11(12)6-7-17-14(19)18-13-10-15-8-9-16-13/h2-5,8-10H,6-7H2,1H3,(H2,16,17,18,19). The van der Waals surface area contributed by atoms with Gasteiger partial charge in [0, 0.05) is 18.9 Å². The van der Waals surface area contributed by atoms with E-state index in [0.717, 1.165) is 11.3 Å². The van der Waals surface area contributed by atoms with E-state index in [4.69, 9.17) is 4.74 Å². The Bertz CT molecular complexity index is 560. The van der Waals surface area contributed by atoms with Crippen molar-refractivity contribution in [3.8, 4) is 5.75 Å². The normalized spacial score (nSPS) is 9.85. The molecule has 2 aromatic rings. The average Bonchev–Trinajstić information content (AvgIpc) is 2.49. The van der Waals surface area contributed by atoms with Crippen molar-refractivity contribution in [2.45, 2.75) is 6.42 Å². The van der Waals surface area contributed by atoms with Crippen LogP contribution in [0.25, 0.3) is 0 Å². The van der Waals surface area contributed by atoms with Gasteiger partial charge in [-0.25, -0.2) is 9.78 Å². The van der Waals surface area contributed by atoms with Crippen molar-refractivity contribution in [1.82, 2.24) is 15.3 Å². The lowest BCUT2D eigenvalue weighted by Gasteiger charge is -2.09. The first-order valence-corrected chi connectivity index (χ1v) is 6.22. The number of carbonyl (C=O) groups is 1. The molecule has 2 amide bonds. The number of rotatable bonds is 5. The SMILES string of the molecule is COc1ccccc1CCNC(=O)Nc1cnccn1. The lowest BCUT2D eigenvalue weighted by Crippen LogP contribution is -2.30. The Morgan fingerprint density at radius 2 is 2.15 bits per heavy atom. The van der Waals surface area contributed by atoms with Gasteiger partial charge in [0.15, 0.2) is 5.82 Å². The minimum absolute atomic E-state index is 0.305. The van der Waals surface area contributed by atoms with Gasteiger partial charge in [0.1, 0.15) is 5.75 Å². The average molecular weight is 272 g/mol. The summed E-state index contributed by atoms with van der Waals surface area (Å²) in [7, 11) is 1.63. The summed E-state index contributed by atoms with van der Waals surface area (Å²) in [5, 5.41) is 5.36. The molecule has 6 nitrogen and oxygen atoms in total. The number of carbonyl (C=O) groups excluding carboxylic acids is 1. The van der Waals surface area contributed by atoms with Gasteiger partial charge in [-0.3, -0.25) is 10.3 Å². The van der Waals surface area contributed by atoms with Gasteiger partial charge in [-0.05, 0) is 18.1 Å². The van der Waals surface area contributed by atoms with Crippen molar-refractivity contribution in [3.63, 3.8) is 0 Å². The Morgan fingerprint density at radius 1 is 1.30 bits per heavy atom. The van der Waals surface area contributed by atoms with Crippen LogP contribution in [0.2, 0.25) is 0 Å². The minimum atomic E-state index is -0.305. The third kappa shape index (κ3) is 3.94. The van der Waals surface area contributed by atoms with Crippen LogP contribution in [0.15, 0.2) is 42.9 Å². The highest BCUT2D eigenvalue weighted by atomic mass is 16.5. The van der Waals surface area contributed by atoms with Crippen molar-refractivity contribution >= 4 is 11.8 Å². The molecular formula is C14H16N4O2. The number of benzene rings is 1. The molecule has 0 aliphatic rings. The molecule has 0 spiro atoms. The van der Waals surface area contributed by atoms with Gasteiger partial charge in [-0.2, -0.15) is 0 Å². The number of amides is 2. The van der Waals surface area contributed by atoms with Crippen LogP contribution in [0.1, 0.15) is 5.56 Å². The number of methoxy groups -OCH3 is 1. The summed E-state index contributed by atoms with van der Waals surface area (Å²) in [6.45, 7) is 0.506. The predicted molar refractivity (Wildman–Crippen MR) is 75.8 cm³/mol. The molecule has 1 heterocycles. The zero-order valence-electron chi connectivity index (χ0n) is 11.2. The fourth-order valence-corrected chi connectivity index (χ4v) is 1.74. The quantitative estimate of drug-likeness (QED) is 0.871. The molecule has 1 aromatic carbocycles. The lowest BCUT2D eigenvalue weighted by atomic mass is 10.1. The van der Waals surface area contributed by atoms with E-state index >= 15 is 0 Å². The number of nitrogens with one attached hydrogen (secondary N) is 2. The summed E-state index contributed by atoms with van der Waals surface area (Å²) in [6, 6.07) is 7.42. The number of urea groups is 1. The Kier molecular flexibility index (Phi) is 4.88. The van der Waals surface area contributed by atoms with Crippen molar-refractivity contribution in [2.24, 2.45) is 0 Å². The van der Waals surface area contributed by atoms with E-state index in [2.05, 4.69) is 20.6 Å². The smallest absolute Gasteiger partial charge is 0.320 e. The summed E-state index contributed by atoms with van der Waals surface area (Å²) in [4.78, 5) is 19.5. The molecule has 0 radical (unpaired) electrons. The Morgan fingerprint density at radius 3 is 2.90 bits per heavy atom. The second-order valence-electron chi connectivity index (χ2n) is 4.03. The van der Waals surface area contributed by atoms with E-state index in [0.29, 0.717) is 18.8 Å². The molecule has 0 unspecified atom stereocenters. The van der Waals surface area contributed by atoms with E-state index in [-0.39, 0.29) is 6.03 Å². The molecule has 104 valence electrons. The Hall–Kier alpha value is -2.63. The second-order valence-corrected chi connectivity index (χ2v) is 4.03. The summed E-state index contributed by atoms with van der Waals surface area (Å²) < 4.78 is 5.25. The predicted octanol–water partition coefficient (Wildman–Crippen LogP) is 1.85. The minimum Gasteiger partial charge on any atom is -0.496 e. The molecule has 2 N–H and O–H groups in total. The third-order valence-electron chi connectivity index (χ3n) is 2.68. The van der Waals surface area contributed by atoms with E-state index in [1.807, 2.05) is 24.3 Å². The maximum Gasteiger partial charge on any atom is 0.320 e. The molecule has 1 aromatic heterocycles. The maximum atomic E-state index is 11.6. The molecule has 0 saturated heterocycles. The number of anilines is 1. The van der Waals surface area contributed by atoms with Gasteiger partial charge in [0.25, 0.3) is 0 Å². The maximum absolute atomic E-state index is 11.6. The molecule has 0 saturated carbocycles. The summed E-state index contributed by atoms with van der Waals surface area (Å²) in [6.07, 6.45) is 5.24. The Balaban J connectivity index is 1.79. The molecule has 20 heavy (non-hydrogen) atoms. The highest BCUT2D eigenvalue weighted by Crippen LogP contribution is 2.17. The van der Waals surface area contributed by atoms with Crippen LogP contribution in [0.4, 0.5) is 10.6 Å². The molecule has 0 aliphatic carbocycles. The summed E-state index contributed by atoms with van der Waals surface area (Å²) >= 11 is 0. The highest BCUT2D eigenvalue weighted by Gasteiger charge is 2.04. The number of ether oxygens (including phenoxy) is 1. The molecule has 0 aliphatic heterocycles. The molecule has 0 fully saturated rings.